The Balaban J connectivity index is 1.44. The molecule has 0 aliphatic rings. The van der Waals surface area contributed by atoms with Gasteiger partial charge in [-0.25, -0.2) is 4.79 Å². The number of carbonyl (C=O) groups excluding carboxylic acids is 1. The van der Waals surface area contributed by atoms with Crippen molar-refractivity contribution in [1.82, 2.24) is 10.2 Å². The lowest BCUT2D eigenvalue weighted by Crippen LogP contribution is -2.20. The third-order valence-electron chi connectivity index (χ3n) is 4.32. The fourth-order valence-corrected chi connectivity index (χ4v) is 4.07. The summed E-state index contributed by atoms with van der Waals surface area (Å²) in [4.78, 5) is 25.8. The van der Waals surface area contributed by atoms with Crippen LogP contribution in [-0.4, -0.2) is 23.2 Å². The number of nitrogens with one attached hydrogen (secondary N) is 2. The van der Waals surface area contributed by atoms with E-state index in [0.29, 0.717) is 22.4 Å². The molecule has 4 rings (SSSR count). The van der Waals surface area contributed by atoms with Crippen molar-refractivity contribution >= 4 is 51.0 Å². The normalized spacial score (nSPS) is 10.8. The standard InChI is InChI=1S/C21H18N4O4S2/c1-3-18-23-24-21(30-18)25-31-15-7-4-13(5-8-15)22-19(26)16-11-12-10-14(28-2)6-9-17(12)29-20(16)27/h4-11H,3H2,1-2H3,(H,22,26)(H,24,25). The van der Waals surface area contributed by atoms with Crippen molar-refractivity contribution in [2.75, 3.05) is 17.1 Å². The van der Waals surface area contributed by atoms with Crippen LogP contribution in [0.25, 0.3) is 11.0 Å². The van der Waals surface area contributed by atoms with Gasteiger partial charge in [0.1, 0.15) is 21.9 Å². The molecule has 0 aliphatic carbocycles. The fourth-order valence-electron chi connectivity index (χ4n) is 2.73. The van der Waals surface area contributed by atoms with Crippen LogP contribution in [0.15, 0.2) is 62.6 Å². The van der Waals surface area contributed by atoms with Gasteiger partial charge >= 0.3 is 5.63 Å². The molecular formula is C21H18N4O4S2. The highest BCUT2D eigenvalue weighted by Gasteiger charge is 2.14. The highest BCUT2D eigenvalue weighted by atomic mass is 32.2. The Morgan fingerprint density at radius 3 is 2.68 bits per heavy atom. The number of hydrogen-bond acceptors (Lipinski definition) is 9. The van der Waals surface area contributed by atoms with Crippen molar-refractivity contribution in [2.45, 2.75) is 18.2 Å². The molecule has 2 aromatic heterocycles. The molecule has 2 heterocycles. The molecule has 10 heteroatoms. The van der Waals surface area contributed by atoms with Crippen LogP contribution in [-0.2, 0) is 6.42 Å². The number of hydrogen-bond donors (Lipinski definition) is 2. The monoisotopic (exact) mass is 454 g/mol. The molecule has 158 valence electrons. The quantitative estimate of drug-likeness (QED) is 0.309. The summed E-state index contributed by atoms with van der Waals surface area (Å²) < 4.78 is 13.6. The topological polar surface area (TPSA) is 106 Å². The van der Waals surface area contributed by atoms with Crippen LogP contribution in [0.2, 0.25) is 0 Å². The van der Waals surface area contributed by atoms with E-state index in [2.05, 4.69) is 20.2 Å². The van der Waals surface area contributed by atoms with Gasteiger partial charge in [-0.3, -0.25) is 4.79 Å². The van der Waals surface area contributed by atoms with E-state index in [4.69, 9.17) is 9.15 Å². The van der Waals surface area contributed by atoms with Crippen molar-refractivity contribution in [2.24, 2.45) is 0 Å². The van der Waals surface area contributed by atoms with Gasteiger partial charge in [0.05, 0.1) is 7.11 Å². The summed E-state index contributed by atoms with van der Waals surface area (Å²) in [5, 5.41) is 13.2. The third-order valence-corrected chi connectivity index (χ3v) is 6.24. The molecule has 0 atom stereocenters. The largest absolute Gasteiger partial charge is 0.497 e. The Kier molecular flexibility index (Phi) is 6.19. The molecule has 2 N–H and O–H groups in total. The number of rotatable bonds is 7. The summed E-state index contributed by atoms with van der Waals surface area (Å²) in [5.41, 5.74) is 0.167. The molecule has 2 aromatic carbocycles. The number of carbonyl (C=O) groups is 1. The molecule has 8 nitrogen and oxygen atoms in total. The Hall–Kier alpha value is -3.37. The maximum atomic E-state index is 12.6. The number of methoxy groups -OCH3 is 1. The number of aromatic nitrogens is 2. The van der Waals surface area contributed by atoms with E-state index in [1.165, 1.54) is 29.4 Å². The van der Waals surface area contributed by atoms with Gasteiger partial charge in [-0.1, -0.05) is 18.3 Å². The molecule has 0 spiro atoms. The molecule has 0 fully saturated rings. The molecule has 0 radical (unpaired) electrons. The zero-order valence-corrected chi connectivity index (χ0v) is 18.3. The van der Waals surface area contributed by atoms with Crippen LogP contribution in [0.1, 0.15) is 22.3 Å². The van der Waals surface area contributed by atoms with Crippen LogP contribution in [0.4, 0.5) is 10.8 Å². The van der Waals surface area contributed by atoms with E-state index in [1.54, 1.807) is 37.4 Å². The van der Waals surface area contributed by atoms with Gasteiger partial charge in [0.25, 0.3) is 5.91 Å². The van der Waals surface area contributed by atoms with Crippen LogP contribution < -0.4 is 20.4 Å². The maximum absolute atomic E-state index is 12.6. The summed E-state index contributed by atoms with van der Waals surface area (Å²) in [5.74, 6) is 0.0619. The van der Waals surface area contributed by atoms with E-state index < -0.39 is 11.5 Å². The first-order valence-electron chi connectivity index (χ1n) is 9.34. The minimum absolute atomic E-state index is 0.0798. The molecule has 0 saturated carbocycles. The van der Waals surface area contributed by atoms with Gasteiger partial charge < -0.3 is 19.2 Å². The molecule has 0 aliphatic heterocycles. The van der Waals surface area contributed by atoms with Gasteiger partial charge in [-0.2, -0.15) is 0 Å². The summed E-state index contributed by atoms with van der Waals surface area (Å²) in [6.45, 7) is 2.03. The molecular weight excluding hydrogens is 436 g/mol. The van der Waals surface area contributed by atoms with Crippen LogP contribution in [0, 0.1) is 0 Å². The molecule has 31 heavy (non-hydrogen) atoms. The van der Waals surface area contributed by atoms with E-state index in [9.17, 15) is 9.59 Å². The molecule has 0 bridgehead atoms. The van der Waals surface area contributed by atoms with Gasteiger partial charge in [-0.05, 0) is 66.9 Å². The predicted molar refractivity (Wildman–Crippen MR) is 122 cm³/mol. The van der Waals surface area contributed by atoms with Crippen molar-refractivity contribution in [1.29, 1.82) is 0 Å². The first kappa shape index (κ1) is 20.9. The van der Waals surface area contributed by atoms with Crippen LogP contribution in [0.5, 0.6) is 5.75 Å². The van der Waals surface area contributed by atoms with Crippen molar-refractivity contribution in [3.8, 4) is 5.75 Å². The fraction of sp³-hybridized carbons (Fsp3) is 0.143. The molecule has 0 saturated heterocycles. The average Bonchev–Trinajstić information content (AvgIpc) is 3.26. The number of anilines is 2. The summed E-state index contributed by atoms with van der Waals surface area (Å²) >= 11 is 2.91. The Morgan fingerprint density at radius 1 is 1.16 bits per heavy atom. The van der Waals surface area contributed by atoms with E-state index in [-0.39, 0.29) is 5.56 Å². The molecule has 0 unspecified atom stereocenters. The van der Waals surface area contributed by atoms with Gasteiger partial charge in [0.2, 0.25) is 5.13 Å². The summed E-state index contributed by atoms with van der Waals surface area (Å²) in [6.07, 6.45) is 0.849. The zero-order valence-electron chi connectivity index (χ0n) is 16.7. The number of aryl methyl sites for hydroxylation is 1. The van der Waals surface area contributed by atoms with Gasteiger partial charge in [-0.15, -0.1) is 10.2 Å². The lowest BCUT2D eigenvalue weighted by Gasteiger charge is -2.07. The van der Waals surface area contributed by atoms with Crippen molar-refractivity contribution < 1.29 is 13.9 Å². The summed E-state index contributed by atoms with van der Waals surface area (Å²) in [6, 6.07) is 13.7. The minimum Gasteiger partial charge on any atom is -0.497 e. The lowest BCUT2D eigenvalue weighted by atomic mass is 10.1. The van der Waals surface area contributed by atoms with Crippen LogP contribution in [0.3, 0.4) is 0 Å². The number of nitrogens with zero attached hydrogens (tertiary/aromatic N) is 2. The Labute approximate surface area is 185 Å². The SMILES string of the molecule is CCc1nnc(NSc2ccc(NC(=O)c3cc4cc(OC)ccc4oc3=O)cc2)s1. The number of ether oxygens (including phenoxy) is 1. The van der Waals surface area contributed by atoms with Crippen molar-refractivity contribution in [3.05, 3.63) is 69.5 Å². The second kappa shape index (κ2) is 9.19. The zero-order chi connectivity index (χ0) is 21.8. The number of benzene rings is 2. The predicted octanol–water partition coefficient (Wildman–Crippen LogP) is 4.59. The van der Waals surface area contributed by atoms with Gasteiger partial charge in [0.15, 0.2) is 0 Å². The molecule has 4 aromatic rings. The van der Waals surface area contributed by atoms with Gasteiger partial charge in [0, 0.05) is 16.0 Å². The summed E-state index contributed by atoms with van der Waals surface area (Å²) in [7, 11) is 1.54. The highest BCUT2D eigenvalue weighted by molar-refractivity contribution is 8.00. The first-order valence-corrected chi connectivity index (χ1v) is 11.0. The average molecular weight is 455 g/mol. The third kappa shape index (κ3) is 4.86. The second-order valence-electron chi connectivity index (χ2n) is 6.39. The van der Waals surface area contributed by atoms with E-state index in [0.717, 1.165) is 21.5 Å². The lowest BCUT2D eigenvalue weighted by molar-refractivity contribution is 0.102. The maximum Gasteiger partial charge on any atom is 0.349 e. The molecule has 1 amide bonds. The second-order valence-corrected chi connectivity index (χ2v) is 8.33. The number of fused-ring (bicyclic) bond motifs is 1. The minimum atomic E-state index is -0.699. The van der Waals surface area contributed by atoms with Crippen molar-refractivity contribution in [3.63, 3.8) is 0 Å². The Bertz CT molecular complexity index is 1280. The highest BCUT2D eigenvalue weighted by Crippen LogP contribution is 2.25. The smallest absolute Gasteiger partial charge is 0.349 e. The Morgan fingerprint density at radius 2 is 1.97 bits per heavy atom. The first-order chi connectivity index (χ1) is 15.1. The number of amides is 1. The van der Waals surface area contributed by atoms with E-state index >= 15 is 0 Å². The van der Waals surface area contributed by atoms with E-state index in [1.807, 2.05) is 19.1 Å². The van der Waals surface area contributed by atoms with Crippen LogP contribution >= 0.6 is 23.3 Å².